The fourth-order valence-corrected chi connectivity index (χ4v) is 3.40. The van der Waals surface area contributed by atoms with E-state index in [1.807, 2.05) is 49.2 Å². The van der Waals surface area contributed by atoms with Gasteiger partial charge in [0, 0.05) is 42.2 Å². The summed E-state index contributed by atoms with van der Waals surface area (Å²) < 4.78 is 5.43. The van der Waals surface area contributed by atoms with Gasteiger partial charge in [-0.15, -0.1) is 0 Å². The minimum absolute atomic E-state index is 0.0622. The molecule has 1 aliphatic heterocycles. The number of likely N-dealkylation sites (tertiary alicyclic amines) is 1. The summed E-state index contributed by atoms with van der Waals surface area (Å²) in [6, 6.07) is 7.68. The molecule has 140 valence electrons. The highest BCUT2D eigenvalue weighted by atomic mass is 16.5. The fraction of sp³-hybridized carbons (Fsp3) is 0.400. The maximum absolute atomic E-state index is 12.9. The third-order valence-corrected chi connectivity index (χ3v) is 5.05. The van der Waals surface area contributed by atoms with Crippen LogP contribution in [0.15, 0.2) is 41.2 Å². The molecule has 1 aliphatic rings. The van der Waals surface area contributed by atoms with E-state index in [0.29, 0.717) is 24.5 Å². The molecule has 0 bridgehead atoms. The summed E-state index contributed by atoms with van der Waals surface area (Å²) in [4.78, 5) is 19.3. The van der Waals surface area contributed by atoms with Crippen LogP contribution in [0, 0.1) is 0 Å². The molecule has 1 amide bonds. The standard InChI is InChI=1S/C20H23N5O2/c1-13(2)18-23-19(27-24-18)14-6-8-25(9-7-14)20(26)16-5-3-4-15(10-16)17-11-21-22-12-17/h3-5,10-14H,6-9H2,1-2H3,(H,21,22). The Bertz CT molecular complexity index is 908. The van der Waals surface area contributed by atoms with Crippen LogP contribution < -0.4 is 0 Å². The van der Waals surface area contributed by atoms with Gasteiger partial charge in [-0.1, -0.05) is 31.1 Å². The van der Waals surface area contributed by atoms with Crippen LogP contribution in [0.5, 0.6) is 0 Å². The number of nitrogens with one attached hydrogen (secondary N) is 1. The van der Waals surface area contributed by atoms with Gasteiger partial charge in [-0.05, 0) is 30.5 Å². The summed E-state index contributed by atoms with van der Waals surface area (Å²) >= 11 is 0. The molecule has 3 heterocycles. The molecule has 1 aromatic carbocycles. The first-order valence-corrected chi connectivity index (χ1v) is 9.34. The molecule has 7 heteroatoms. The Hall–Kier alpha value is -2.96. The number of amides is 1. The Morgan fingerprint density at radius 2 is 2.07 bits per heavy atom. The third kappa shape index (κ3) is 3.63. The molecule has 0 spiro atoms. The molecule has 1 fully saturated rings. The Morgan fingerprint density at radius 1 is 1.26 bits per heavy atom. The van der Waals surface area contributed by atoms with E-state index < -0.39 is 0 Å². The molecule has 27 heavy (non-hydrogen) atoms. The van der Waals surface area contributed by atoms with Crippen molar-refractivity contribution in [2.75, 3.05) is 13.1 Å². The first kappa shape index (κ1) is 17.5. The van der Waals surface area contributed by atoms with Gasteiger partial charge in [-0.3, -0.25) is 9.89 Å². The average Bonchev–Trinajstić information content (AvgIpc) is 3.40. The number of carbonyl (C=O) groups excluding carboxylic acids is 1. The summed E-state index contributed by atoms with van der Waals surface area (Å²) in [5, 5.41) is 10.8. The van der Waals surface area contributed by atoms with Crippen LogP contribution in [-0.4, -0.2) is 44.2 Å². The van der Waals surface area contributed by atoms with Gasteiger partial charge >= 0.3 is 0 Å². The number of nitrogens with zero attached hydrogens (tertiary/aromatic N) is 4. The molecule has 0 radical (unpaired) electrons. The molecule has 0 unspecified atom stereocenters. The molecule has 0 saturated carbocycles. The number of H-pyrrole nitrogens is 1. The summed E-state index contributed by atoms with van der Waals surface area (Å²) in [6.07, 6.45) is 5.26. The van der Waals surface area contributed by atoms with Crippen molar-refractivity contribution in [3.63, 3.8) is 0 Å². The highest BCUT2D eigenvalue weighted by Gasteiger charge is 2.28. The number of piperidine rings is 1. The minimum atomic E-state index is 0.0622. The largest absolute Gasteiger partial charge is 0.339 e. The molecule has 1 saturated heterocycles. The first-order chi connectivity index (χ1) is 13.1. The van der Waals surface area contributed by atoms with E-state index in [-0.39, 0.29) is 17.7 Å². The van der Waals surface area contributed by atoms with Crippen molar-refractivity contribution in [2.24, 2.45) is 0 Å². The smallest absolute Gasteiger partial charge is 0.253 e. The van der Waals surface area contributed by atoms with E-state index in [4.69, 9.17) is 4.52 Å². The molecule has 7 nitrogen and oxygen atoms in total. The van der Waals surface area contributed by atoms with Gasteiger partial charge in [0.2, 0.25) is 5.89 Å². The molecule has 1 N–H and O–H groups in total. The highest BCUT2D eigenvalue weighted by Crippen LogP contribution is 2.29. The van der Waals surface area contributed by atoms with Crippen LogP contribution in [0.1, 0.15) is 60.6 Å². The van der Waals surface area contributed by atoms with Gasteiger partial charge in [-0.25, -0.2) is 0 Å². The van der Waals surface area contributed by atoms with Crippen molar-refractivity contribution in [3.8, 4) is 11.1 Å². The first-order valence-electron chi connectivity index (χ1n) is 9.34. The third-order valence-electron chi connectivity index (χ3n) is 5.05. The van der Waals surface area contributed by atoms with Crippen molar-refractivity contribution >= 4 is 5.91 Å². The highest BCUT2D eigenvalue weighted by molar-refractivity contribution is 5.95. The maximum Gasteiger partial charge on any atom is 0.253 e. The van der Waals surface area contributed by atoms with Crippen LogP contribution in [0.2, 0.25) is 0 Å². The summed E-state index contributed by atoms with van der Waals surface area (Å²) in [7, 11) is 0. The molecule has 0 atom stereocenters. The Morgan fingerprint density at radius 3 is 2.74 bits per heavy atom. The molecule has 3 aromatic rings. The SMILES string of the molecule is CC(C)c1noc(C2CCN(C(=O)c3cccc(-c4cn[nH]c4)c3)CC2)n1. The zero-order valence-corrected chi connectivity index (χ0v) is 15.6. The number of aromatic nitrogens is 4. The monoisotopic (exact) mass is 365 g/mol. The summed E-state index contributed by atoms with van der Waals surface area (Å²) in [6.45, 7) is 5.48. The summed E-state index contributed by atoms with van der Waals surface area (Å²) in [5.74, 6) is 2.00. The molecule has 4 rings (SSSR count). The van der Waals surface area contributed by atoms with Crippen molar-refractivity contribution in [1.82, 2.24) is 25.2 Å². The zero-order valence-electron chi connectivity index (χ0n) is 15.6. The Balaban J connectivity index is 1.42. The van der Waals surface area contributed by atoms with Crippen molar-refractivity contribution in [2.45, 2.75) is 38.5 Å². The van der Waals surface area contributed by atoms with Gasteiger partial charge in [-0.2, -0.15) is 10.1 Å². The van der Waals surface area contributed by atoms with Gasteiger partial charge in [0.05, 0.1) is 6.20 Å². The molecular formula is C20H23N5O2. The van der Waals surface area contributed by atoms with E-state index in [9.17, 15) is 4.79 Å². The lowest BCUT2D eigenvalue weighted by Crippen LogP contribution is -2.38. The predicted molar refractivity (Wildman–Crippen MR) is 100 cm³/mol. The zero-order chi connectivity index (χ0) is 18.8. The minimum Gasteiger partial charge on any atom is -0.339 e. The van der Waals surface area contributed by atoms with Crippen LogP contribution in [0.3, 0.4) is 0 Å². The van der Waals surface area contributed by atoms with Crippen LogP contribution >= 0.6 is 0 Å². The number of carbonyl (C=O) groups is 1. The van der Waals surface area contributed by atoms with Gasteiger partial charge in [0.1, 0.15) is 0 Å². The number of hydrogen-bond acceptors (Lipinski definition) is 5. The quantitative estimate of drug-likeness (QED) is 0.763. The maximum atomic E-state index is 12.9. The van der Waals surface area contributed by atoms with E-state index in [2.05, 4.69) is 20.3 Å². The average molecular weight is 365 g/mol. The van der Waals surface area contributed by atoms with Gasteiger partial charge in [0.25, 0.3) is 5.91 Å². The lowest BCUT2D eigenvalue weighted by atomic mass is 9.96. The van der Waals surface area contributed by atoms with Gasteiger partial charge in [0.15, 0.2) is 5.82 Å². The predicted octanol–water partition coefficient (Wildman–Crippen LogP) is 3.60. The Labute approximate surface area is 157 Å². The van der Waals surface area contributed by atoms with Crippen molar-refractivity contribution in [3.05, 3.63) is 53.9 Å². The van der Waals surface area contributed by atoms with Crippen LogP contribution in [0.25, 0.3) is 11.1 Å². The second kappa shape index (κ2) is 7.34. The van der Waals surface area contributed by atoms with Crippen molar-refractivity contribution in [1.29, 1.82) is 0 Å². The molecule has 0 aliphatic carbocycles. The Kier molecular flexibility index (Phi) is 4.75. The van der Waals surface area contributed by atoms with E-state index in [0.717, 1.165) is 29.8 Å². The van der Waals surface area contributed by atoms with Gasteiger partial charge < -0.3 is 9.42 Å². The number of rotatable bonds is 4. The van der Waals surface area contributed by atoms with Crippen LogP contribution in [0.4, 0.5) is 0 Å². The summed E-state index contributed by atoms with van der Waals surface area (Å²) in [5.41, 5.74) is 2.66. The van der Waals surface area contributed by atoms with E-state index >= 15 is 0 Å². The van der Waals surface area contributed by atoms with E-state index in [1.165, 1.54) is 0 Å². The number of benzene rings is 1. The topological polar surface area (TPSA) is 87.9 Å². The fourth-order valence-electron chi connectivity index (χ4n) is 3.40. The normalized spacial score (nSPS) is 15.4. The van der Waals surface area contributed by atoms with Crippen molar-refractivity contribution < 1.29 is 9.32 Å². The lowest BCUT2D eigenvalue weighted by molar-refractivity contribution is 0.0704. The molecular weight excluding hydrogens is 342 g/mol. The second-order valence-electron chi connectivity index (χ2n) is 7.28. The second-order valence-corrected chi connectivity index (χ2v) is 7.28. The molecule has 2 aromatic heterocycles. The lowest BCUT2D eigenvalue weighted by Gasteiger charge is -2.30. The van der Waals surface area contributed by atoms with Crippen LogP contribution in [-0.2, 0) is 0 Å². The number of aromatic amines is 1. The number of hydrogen-bond donors (Lipinski definition) is 1. The van der Waals surface area contributed by atoms with E-state index in [1.54, 1.807) is 6.20 Å².